The van der Waals surface area contributed by atoms with Crippen molar-refractivity contribution in [3.63, 3.8) is 0 Å². The Hall–Kier alpha value is -3.95. The van der Waals surface area contributed by atoms with Crippen LogP contribution in [-0.4, -0.2) is 135 Å². The molecule has 56 heavy (non-hydrogen) atoms. The smallest absolute Gasteiger partial charge is 0.408 e. The van der Waals surface area contributed by atoms with E-state index in [4.69, 9.17) is 47.4 Å². The van der Waals surface area contributed by atoms with E-state index < -0.39 is 102 Å². The topological polar surface area (TPSA) is 226 Å². The van der Waals surface area contributed by atoms with E-state index in [1.807, 2.05) is 6.07 Å². The van der Waals surface area contributed by atoms with Crippen LogP contribution in [0.25, 0.3) is 0 Å². The largest absolute Gasteiger partial charge is 0.467 e. The highest BCUT2D eigenvalue weighted by atomic mass is 16.7. The van der Waals surface area contributed by atoms with Crippen molar-refractivity contribution in [2.45, 2.75) is 107 Å². The minimum absolute atomic E-state index is 0.0982. The summed E-state index contributed by atoms with van der Waals surface area (Å²) < 4.78 is 57.2. The zero-order chi connectivity index (χ0) is 41.3. The molecule has 4 aliphatic rings. The lowest BCUT2D eigenvalue weighted by Crippen LogP contribution is -2.79. The van der Waals surface area contributed by atoms with Gasteiger partial charge in [-0.1, -0.05) is 30.3 Å². The maximum atomic E-state index is 14.7. The zero-order valence-electron chi connectivity index (χ0n) is 33.4. The molecule has 4 fully saturated rings. The molecule has 5 rings (SSSR count). The Bertz CT molecular complexity index is 1610. The average molecular weight is 795 g/mol. The van der Waals surface area contributed by atoms with Crippen molar-refractivity contribution in [2.75, 3.05) is 60.0 Å². The Morgan fingerprint density at radius 1 is 0.500 bits per heavy atom. The molecule has 0 bridgehead atoms. The molecule has 0 atom stereocenters. The van der Waals surface area contributed by atoms with Gasteiger partial charge >= 0.3 is 12.1 Å². The summed E-state index contributed by atoms with van der Waals surface area (Å²) >= 11 is 0. The van der Waals surface area contributed by atoms with Crippen LogP contribution in [0.4, 0.5) is 4.79 Å². The molecular weight excluding hydrogens is 740 g/mol. The molecule has 4 aliphatic heterocycles. The van der Waals surface area contributed by atoms with E-state index in [9.17, 15) is 24.0 Å². The van der Waals surface area contributed by atoms with Gasteiger partial charge in [0.2, 0.25) is 0 Å². The van der Waals surface area contributed by atoms with E-state index in [1.165, 1.54) is 0 Å². The lowest BCUT2D eigenvalue weighted by molar-refractivity contribution is -0.279. The van der Waals surface area contributed by atoms with Crippen LogP contribution in [0.5, 0.6) is 0 Å². The van der Waals surface area contributed by atoms with Gasteiger partial charge < -0.3 is 68.6 Å². The minimum atomic E-state index is -2.04. The first-order chi connectivity index (χ1) is 26.0. The van der Waals surface area contributed by atoms with Gasteiger partial charge in [-0.2, -0.15) is 0 Å². The van der Waals surface area contributed by atoms with Crippen LogP contribution < -0.4 is 21.3 Å². The molecule has 0 unspecified atom stereocenters. The Kier molecular flexibility index (Phi) is 12.2. The molecule has 4 saturated heterocycles. The van der Waals surface area contributed by atoms with Crippen LogP contribution >= 0.6 is 0 Å². The second-order valence-electron chi connectivity index (χ2n) is 16.3. The predicted molar refractivity (Wildman–Crippen MR) is 191 cm³/mol. The van der Waals surface area contributed by atoms with E-state index in [-0.39, 0.29) is 33.0 Å². The highest BCUT2D eigenvalue weighted by molar-refractivity contribution is 6.01. The number of amides is 4. The fourth-order valence-corrected chi connectivity index (χ4v) is 5.89. The van der Waals surface area contributed by atoms with Gasteiger partial charge in [-0.15, -0.1) is 0 Å². The molecular formula is C37H54N4O15. The highest BCUT2D eigenvalue weighted by Gasteiger charge is 2.58. The van der Waals surface area contributed by atoms with Crippen molar-refractivity contribution in [2.24, 2.45) is 0 Å². The van der Waals surface area contributed by atoms with Gasteiger partial charge in [-0.3, -0.25) is 14.4 Å². The number of nitrogens with one attached hydrogen (secondary N) is 4. The molecule has 19 nitrogen and oxygen atoms in total. The molecule has 1 aromatic carbocycles. The van der Waals surface area contributed by atoms with Crippen molar-refractivity contribution in [1.29, 1.82) is 0 Å². The normalized spacial score (nSPS) is 24.9. The maximum absolute atomic E-state index is 14.7. The molecule has 0 aromatic heterocycles. The van der Waals surface area contributed by atoms with Gasteiger partial charge in [0.15, 0.2) is 45.3 Å². The Morgan fingerprint density at radius 3 is 1.14 bits per heavy atom. The summed E-state index contributed by atoms with van der Waals surface area (Å²) in [7, 11) is 1.15. The Balaban J connectivity index is 1.44. The van der Waals surface area contributed by atoms with Crippen LogP contribution in [-0.2, 0) is 73.2 Å². The fourth-order valence-electron chi connectivity index (χ4n) is 5.89. The molecule has 4 N–H and O–H groups in total. The van der Waals surface area contributed by atoms with E-state index in [0.717, 1.165) is 7.11 Å². The van der Waals surface area contributed by atoms with Gasteiger partial charge in [0.25, 0.3) is 17.7 Å². The number of hydrogen-bond donors (Lipinski definition) is 4. The summed E-state index contributed by atoms with van der Waals surface area (Å²) in [5.41, 5.74) is -7.08. The summed E-state index contributed by atoms with van der Waals surface area (Å²) in [4.78, 5) is 70.0. The Labute approximate surface area is 325 Å². The second kappa shape index (κ2) is 15.8. The number of methoxy groups -OCH3 is 1. The molecule has 4 amide bonds. The predicted octanol–water partition coefficient (Wildman–Crippen LogP) is 0.521. The lowest BCUT2D eigenvalue weighted by atomic mass is 9.90. The summed E-state index contributed by atoms with van der Waals surface area (Å²) in [6, 6.07) is 8.92. The fraction of sp³-hybridized carbons (Fsp3) is 0.703. The van der Waals surface area contributed by atoms with E-state index in [0.29, 0.717) is 5.56 Å². The maximum Gasteiger partial charge on any atom is 0.408 e. The molecule has 0 saturated carbocycles. The number of ether oxygens (including phenoxy) is 10. The number of hydrogen-bond acceptors (Lipinski definition) is 15. The van der Waals surface area contributed by atoms with Crippen molar-refractivity contribution < 1.29 is 71.3 Å². The third-order valence-electron chi connectivity index (χ3n) is 9.82. The van der Waals surface area contributed by atoms with Crippen molar-refractivity contribution in [3.05, 3.63) is 35.9 Å². The monoisotopic (exact) mass is 794 g/mol. The third kappa shape index (κ3) is 9.76. The number of rotatable bonds is 10. The van der Waals surface area contributed by atoms with E-state index in [1.54, 1.807) is 79.7 Å². The van der Waals surface area contributed by atoms with Gasteiger partial charge in [-0.05, 0) is 61.0 Å². The van der Waals surface area contributed by atoms with Crippen LogP contribution in [0.3, 0.4) is 0 Å². The number of carbonyl (C=O) groups is 5. The molecule has 0 spiro atoms. The van der Waals surface area contributed by atoms with E-state index in [2.05, 4.69) is 21.3 Å². The molecule has 0 aliphatic carbocycles. The zero-order valence-corrected chi connectivity index (χ0v) is 33.4. The third-order valence-corrected chi connectivity index (χ3v) is 9.82. The summed E-state index contributed by atoms with van der Waals surface area (Å²) in [6.45, 7) is 9.77. The van der Waals surface area contributed by atoms with Gasteiger partial charge in [0, 0.05) is 0 Å². The highest BCUT2D eigenvalue weighted by Crippen LogP contribution is 2.31. The van der Waals surface area contributed by atoms with Crippen LogP contribution in [0, 0.1) is 0 Å². The van der Waals surface area contributed by atoms with Crippen LogP contribution in [0.15, 0.2) is 30.3 Å². The van der Waals surface area contributed by atoms with Gasteiger partial charge in [-0.25, -0.2) is 9.59 Å². The van der Waals surface area contributed by atoms with E-state index >= 15 is 0 Å². The summed E-state index contributed by atoms with van der Waals surface area (Å²) in [6.07, 6.45) is -0.958. The van der Waals surface area contributed by atoms with Crippen molar-refractivity contribution in [1.82, 2.24) is 21.3 Å². The van der Waals surface area contributed by atoms with Crippen molar-refractivity contribution in [3.8, 4) is 0 Å². The quantitative estimate of drug-likeness (QED) is 0.237. The molecule has 312 valence electrons. The van der Waals surface area contributed by atoms with Gasteiger partial charge in [0.05, 0.1) is 60.0 Å². The summed E-state index contributed by atoms with van der Waals surface area (Å²) in [5, 5.41) is 10.7. The van der Waals surface area contributed by atoms with Crippen LogP contribution in [0.1, 0.15) is 61.0 Å². The minimum Gasteiger partial charge on any atom is -0.467 e. The number of carbonyl (C=O) groups excluding carboxylic acids is 5. The average Bonchev–Trinajstić information content (AvgIpc) is 3.14. The second-order valence-corrected chi connectivity index (χ2v) is 16.3. The first-order valence-electron chi connectivity index (χ1n) is 18.2. The number of esters is 1. The standard InChI is InChI=1S/C37H54N4O15/c1-30(2)49-16-34(17-50-30,39-27(44)36(20-53-32(5,6)54-21-36)41-29(46)48-15-24-13-11-10-12-14-24)25(42)38-35(18-51-31(3,4)52-19-35)26(43)40-37(28(45)47-9)22-55-33(7,8)56-23-37/h10-14H,15-23H2,1-9H3,(H,38,42)(H,39,44)(H,40,43)(H,41,46). The summed E-state index contributed by atoms with van der Waals surface area (Å²) in [5.74, 6) is -8.15. The number of benzene rings is 1. The van der Waals surface area contributed by atoms with Gasteiger partial charge in [0.1, 0.15) is 6.61 Å². The molecule has 19 heteroatoms. The lowest BCUT2D eigenvalue weighted by Gasteiger charge is -2.49. The Morgan fingerprint density at radius 2 is 0.804 bits per heavy atom. The number of alkyl carbamates (subject to hydrolysis) is 1. The first kappa shape index (κ1) is 43.2. The molecule has 4 heterocycles. The first-order valence-corrected chi connectivity index (χ1v) is 18.2. The molecule has 1 aromatic rings. The molecule has 0 radical (unpaired) electrons. The van der Waals surface area contributed by atoms with Crippen molar-refractivity contribution >= 4 is 29.8 Å². The SMILES string of the molecule is COC(=O)C1(NC(=O)C2(NC(=O)C3(NC(=O)C4(NC(=O)OCc5ccccc5)COC(C)(C)OC4)COC(C)(C)OC3)COC(C)(C)OC2)COC(C)(C)OC1. The van der Waals surface area contributed by atoms with Crippen LogP contribution in [0.2, 0.25) is 0 Å².